The number of methoxy groups -OCH3 is 1. The molecule has 9 heteroatoms. The first-order valence-corrected chi connectivity index (χ1v) is 14.7. The molecule has 0 radical (unpaired) electrons. The van der Waals surface area contributed by atoms with E-state index >= 15 is 0 Å². The summed E-state index contributed by atoms with van der Waals surface area (Å²) in [6.45, 7) is 1.85. The lowest BCUT2D eigenvalue weighted by molar-refractivity contribution is -0.113. The van der Waals surface area contributed by atoms with Gasteiger partial charge in [0.15, 0.2) is 4.80 Å². The molecule has 1 aliphatic rings. The smallest absolute Gasteiger partial charge is 0.271 e. The van der Waals surface area contributed by atoms with Crippen LogP contribution >= 0.6 is 11.3 Å². The number of anilines is 1. The fourth-order valence-electron chi connectivity index (χ4n) is 5.08. The molecule has 4 aromatic carbocycles. The summed E-state index contributed by atoms with van der Waals surface area (Å²) in [4.78, 5) is 33.0. The molecule has 0 bridgehead atoms. The number of carbonyl (C=O) groups is 1. The molecule has 0 saturated carbocycles. The Balaban J connectivity index is 1.40. The van der Waals surface area contributed by atoms with Crippen molar-refractivity contribution in [2.24, 2.45) is 4.99 Å². The lowest BCUT2D eigenvalue weighted by Gasteiger charge is -2.25. The molecular formula is C35H28FN3O4S. The Morgan fingerprint density at radius 1 is 0.977 bits per heavy atom. The number of benzene rings is 4. The Kier molecular flexibility index (Phi) is 8.21. The number of rotatable bonds is 8. The minimum Gasteiger partial charge on any atom is -0.497 e. The zero-order chi connectivity index (χ0) is 30.6. The Morgan fingerprint density at radius 3 is 2.52 bits per heavy atom. The van der Waals surface area contributed by atoms with Crippen molar-refractivity contribution in [1.29, 1.82) is 0 Å². The van der Waals surface area contributed by atoms with Gasteiger partial charge in [-0.3, -0.25) is 14.2 Å². The largest absolute Gasteiger partial charge is 0.497 e. The maximum Gasteiger partial charge on any atom is 0.271 e. The van der Waals surface area contributed by atoms with E-state index in [-0.39, 0.29) is 23.9 Å². The number of hydrogen-bond acceptors (Lipinski definition) is 6. The van der Waals surface area contributed by atoms with Gasteiger partial charge in [0, 0.05) is 11.3 Å². The quantitative estimate of drug-likeness (QED) is 0.250. The van der Waals surface area contributed by atoms with Crippen molar-refractivity contribution < 1.29 is 18.7 Å². The van der Waals surface area contributed by atoms with Crippen molar-refractivity contribution in [3.63, 3.8) is 0 Å². The molecule has 0 saturated heterocycles. The second kappa shape index (κ2) is 12.5. The van der Waals surface area contributed by atoms with Crippen LogP contribution < -0.4 is 29.7 Å². The van der Waals surface area contributed by atoms with Gasteiger partial charge in [-0.2, -0.15) is 0 Å². The van der Waals surface area contributed by atoms with Gasteiger partial charge in [0.05, 0.1) is 29.0 Å². The Hall–Kier alpha value is -5.28. The molecule has 0 spiro atoms. The van der Waals surface area contributed by atoms with Crippen molar-refractivity contribution in [2.75, 3.05) is 12.4 Å². The van der Waals surface area contributed by atoms with E-state index in [1.54, 1.807) is 67.1 Å². The predicted molar refractivity (Wildman–Crippen MR) is 169 cm³/mol. The van der Waals surface area contributed by atoms with Crippen LogP contribution in [0.4, 0.5) is 10.1 Å². The highest BCUT2D eigenvalue weighted by atomic mass is 32.1. The Morgan fingerprint density at radius 2 is 1.73 bits per heavy atom. The summed E-state index contributed by atoms with van der Waals surface area (Å²) >= 11 is 1.25. The number of allylic oxidation sites excluding steroid dienone is 1. The fourth-order valence-corrected chi connectivity index (χ4v) is 6.13. The van der Waals surface area contributed by atoms with Gasteiger partial charge in [-0.25, -0.2) is 9.38 Å². The molecule has 1 N–H and O–H groups in total. The van der Waals surface area contributed by atoms with E-state index in [0.29, 0.717) is 48.9 Å². The Bertz CT molecular complexity index is 2070. The van der Waals surface area contributed by atoms with Gasteiger partial charge in [-0.15, -0.1) is 0 Å². The zero-order valence-electron chi connectivity index (χ0n) is 24.0. The maximum absolute atomic E-state index is 14.1. The van der Waals surface area contributed by atoms with E-state index in [4.69, 9.17) is 14.5 Å². The van der Waals surface area contributed by atoms with Gasteiger partial charge in [-0.05, 0) is 66.6 Å². The maximum atomic E-state index is 14.1. The highest BCUT2D eigenvalue weighted by Crippen LogP contribution is 2.32. The first kappa shape index (κ1) is 28.8. The average molecular weight is 606 g/mol. The molecule has 44 heavy (non-hydrogen) atoms. The average Bonchev–Trinajstić information content (AvgIpc) is 3.34. The lowest BCUT2D eigenvalue weighted by Crippen LogP contribution is -2.40. The number of fused-ring (bicyclic) bond motifs is 1. The third-order valence-corrected chi connectivity index (χ3v) is 8.20. The Labute approximate surface area is 256 Å². The number of para-hydroxylation sites is 1. The van der Waals surface area contributed by atoms with E-state index < -0.39 is 6.04 Å². The summed E-state index contributed by atoms with van der Waals surface area (Å²) in [5.74, 6) is 0.468. The number of carbonyl (C=O) groups excluding carboxylic acids is 1. The summed E-state index contributed by atoms with van der Waals surface area (Å²) in [7, 11) is 1.57. The molecule has 5 aromatic rings. The summed E-state index contributed by atoms with van der Waals surface area (Å²) in [6, 6.07) is 29.5. The van der Waals surface area contributed by atoms with Crippen LogP contribution in [-0.4, -0.2) is 17.6 Å². The zero-order valence-corrected chi connectivity index (χ0v) is 24.8. The van der Waals surface area contributed by atoms with Crippen molar-refractivity contribution in [3.05, 3.63) is 157 Å². The molecule has 220 valence electrons. The van der Waals surface area contributed by atoms with Gasteiger partial charge >= 0.3 is 0 Å². The summed E-state index contributed by atoms with van der Waals surface area (Å²) < 4.78 is 27.4. The van der Waals surface area contributed by atoms with Crippen LogP contribution in [0.3, 0.4) is 0 Å². The number of nitrogens with zero attached hydrogens (tertiary/aromatic N) is 2. The molecule has 7 nitrogen and oxygen atoms in total. The van der Waals surface area contributed by atoms with E-state index in [9.17, 15) is 14.0 Å². The third kappa shape index (κ3) is 5.95. The molecule has 2 heterocycles. The second-order valence-corrected chi connectivity index (χ2v) is 11.1. The monoisotopic (exact) mass is 605 g/mol. The van der Waals surface area contributed by atoms with Crippen LogP contribution in [0.2, 0.25) is 0 Å². The topological polar surface area (TPSA) is 81.9 Å². The molecule has 1 atom stereocenters. The van der Waals surface area contributed by atoms with Gasteiger partial charge in [0.1, 0.15) is 23.9 Å². The normalized spacial score (nSPS) is 14.5. The lowest BCUT2D eigenvalue weighted by atomic mass is 9.95. The fraction of sp³-hybridized carbons (Fsp3) is 0.114. The molecule has 1 amide bonds. The van der Waals surface area contributed by atoms with Crippen LogP contribution in [0.5, 0.6) is 11.5 Å². The van der Waals surface area contributed by atoms with Crippen LogP contribution in [0.25, 0.3) is 6.08 Å². The third-order valence-electron chi connectivity index (χ3n) is 7.22. The van der Waals surface area contributed by atoms with E-state index in [0.717, 1.165) is 5.56 Å². The number of thiazole rings is 1. The van der Waals surface area contributed by atoms with E-state index in [1.165, 1.54) is 17.4 Å². The number of amides is 1. The highest BCUT2D eigenvalue weighted by molar-refractivity contribution is 7.07. The van der Waals surface area contributed by atoms with Crippen LogP contribution in [0, 0.1) is 5.82 Å². The minimum atomic E-state index is -0.734. The van der Waals surface area contributed by atoms with Gasteiger partial charge in [0.25, 0.3) is 11.5 Å². The summed E-state index contributed by atoms with van der Waals surface area (Å²) in [5.41, 5.74) is 3.14. The molecule has 1 aromatic heterocycles. The van der Waals surface area contributed by atoms with E-state index in [1.807, 2.05) is 54.6 Å². The SMILES string of the molecule is COc1cccc([C@H]2C(C(=O)Nc3ccccc3)=C(C)N=c3s/c(=C\c4cccc(OCc5ccccc5F)c4)c(=O)n32)c1. The van der Waals surface area contributed by atoms with Gasteiger partial charge in [-0.1, -0.05) is 72.0 Å². The first-order chi connectivity index (χ1) is 21.4. The molecule has 6 rings (SSSR count). The number of nitrogens with one attached hydrogen (secondary N) is 1. The highest BCUT2D eigenvalue weighted by Gasteiger charge is 2.32. The number of aromatic nitrogens is 1. The van der Waals surface area contributed by atoms with Crippen molar-refractivity contribution >= 4 is 29.0 Å². The summed E-state index contributed by atoms with van der Waals surface area (Å²) in [6.07, 6.45) is 1.77. The first-order valence-electron chi connectivity index (χ1n) is 13.9. The standard InChI is InChI=1S/C35H28FN3O4S/c1-22-31(33(40)38-26-13-4-3-5-14-26)32(24-12-9-15-27(20-24)42-2)39-34(41)30(44-35(39)37-22)19-23-10-8-16-28(18-23)43-21-25-11-6-7-17-29(25)36/h3-20,32H,21H2,1-2H3,(H,38,40)/b30-19-/t32-/m0/s1. The van der Waals surface area contributed by atoms with Crippen molar-refractivity contribution in [3.8, 4) is 11.5 Å². The predicted octanol–water partition coefficient (Wildman–Crippen LogP) is 5.60. The van der Waals surface area contributed by atoms with Crippen LogP contribution in [0.1, 0.15) is 29.7 Å². The van der Waals surface area contributed by atoms with E-state index in [2.05, 4.69) is 5.32 Å². The number of ether oxygens (including phenoxy) is 2. The molecule has 0 fully saturated rings. The molecular weight excluding hydrogens is 577 g/mol. The molecule has 0 aliphatic carbocycles. The van der Waals surface area contributed by atoms with Crippen LogP contribution in [-0.2, 0) is 11.4 Å². The molecule has 0 unspecified atom stereocenters. The minimum absolute atomic E-state index is 0.0753. The van der Waals surface area contributed by atoms with Gasteiger partial charge in [0.2, 0.25) is 0 Å². The van der Waals surface area contributed by atoms with Crippen LogP contribution in [0.15, 0.2) is 124 Å². The van der Waals surface area contributed by atoms with Gasteiger partial charge < -0.3 is 14.8 Å². The molecule has 1 aliphatic heterocycles. The number of hydrogen-bond donors (Lipinski definition) is 1. The number of halogens is 1. The summed E-state index contributed by atoms with van der Waals surface area (Å²) in [5, 5.41) is 2.96. The van der Waals surface area contributed by atoms with Crippen molar-refractivity contribution in [1.82, 2.24) is 4.57 Å². The second-order valence-electron chi connectivity index (χ2n) is 10.1. The van der Waals surface area contributed by atoms with Crippen molar-refractivity contribution in [2.45, 2.75) is 19.6 Å².